The molecule has 0 spiro atoms. The average molecular weight is 519 g/mol. The van der Waals surface area contributed by atoms with Gasteiger partial charge in [-0.2, -0.15) is 0 Å². The Balaban J connectivity index is 1.76. The van der Waals surface area contributed by atoms with Crippen molar-refractivity contribution in [1.82, 2.24) is 0 Å². The van der Waals surface area contributed by atoms with Crippen LogP contribution in [-0.2, 0) is 27.7 Å². The van der Waals surface area contributed by atoms with E-state index in [1.165, 1.54) is 36.0 Å². The molecule has 3 rings (SSSR count). The summed E-state index contributed by atoms with van der Waals surface area (Å²) < 4.78 is 18.2. The van der Waals surface area contributed by atoms with Crippen LogP contribution in [0.3, 0.4) is 0 Å². The van der Waals surface area contributed by atoms with Crippen molar-refractivity contribution in [1.29, 1.82) is 0 Å². The van der Waals surface area contributed by atoms with Crippen molar-refractivity contribution < 1.29 is 14.2 Å². The average Bonchev–Trinajstić information content (AvgIpc) is 3.44. The van der Waals surface area contributed by atoms with Crippen molar-refractivity contribution in [2.75, 3.05) is 13.2 Å². The molecule has 1 aliphatic heterocycles. The Hall–Kier alpha value is -2.36. The maximum absolute atomic E-state index is 6.55. The van der Waals surface area contributed by atoms with E-state index in [1.54, 1.807) is 0 Å². The normalized spacial score (nSPS) is 16.7. The smallest absolute Gasteiger partial charge is 0.184 e. The van der Waals surface area contributed by atoms with Gasteiger partial charge < -0.3 is 14.2 Å². The van der Waals surface area contributed by atoms with Gasteiger partial charge in [0.25, 0.3) is 0 Å². The van der Waals surface area contributed by atoms with Crippen LogP contribution in [0.4, 0.5) is 0 Å². The highest BCUT2D eigenvalue weighted by atomic mass is 16.7. The summed E-state index contributed by atoms with van der Waals surface area (Å²) in [6.07, 6.45) is 9.02. The van der Waals surface area contributed by atoms with Crippen LogP contribution >= 0.6 is 0 Å². The van der Waals surface area contributed by atoms with Crippen molar-refractivity contribution in [2.45, 2.75) is 104 Å². The number of aryl methyl sites for hydroxylation is 1. The first-order valence-electron chi connectivity index (χ1n) is 14.6. The van der Waals surface area contributed by atoms with Gasteiger partial charge in [-0.25, -0.2) is 0 Å². The Morgan fingerprint density at radius 1 is 1.05 bits per heavy atom. The zero-order chi connectivity index (χ0) is 27.8. The van der Waals surface area contributed by atoms with Crippen molar-refractivity contribution in [3.05, 3.63) is 89.5 Å². The topological polar surface area (TPSA) is 27.7 Å². The number of ether oxygens (including phenoxy) is 3. The van der Waals surface area contributed by atoms with Crippen LogP contribution in [0, 0.1) is 5.92 Å². The molecule has 2 atom stereocenters. The molecule has 0 amide bonds. The van der Waals surface area contributed by atoms with Crippen LogP contribution in [0.5, 0.6) is 5.75 Å². The van der Waals surface area contributed by atoms with Crippen LogP contribution in [0.25, 0.3) is 0 Å². The molecular formula is C35H50O3. The monoisotopic (exact) mass is 518 g/mol. The molecule has 2 aromatic carbocycles. The van der Waals surface area contributed by atoms with E-state index in [-0.39, 0.29) is 6.29 Å². The number of hydrogen-bond donors (Lipinski definition) is 0. The maximum atomic E-state index is 6.55. The van der Waals surface area contributed by atoms with Crippen molar-refractivity contribution in [3.63, 3.8) is 0 Å². The maximum Gasteiger partial charge on any atom is 0.184 e. The van der Waals surface area contributed by atoms with Gasteiger partial charge in [0.2, 0.25) is 0 Å². The molecule has 3 heteroatoms. The third-order valence-corrected chi connectivity index (χ3v) is 8.74. The molecular weight excluding hydrogens is 468 g/mol. The Morgan fingerprint density at radius 3 is 2.34 bits per heavy atom. The van der Waals surface area contributed by atoms with Crippen LogP contribution in [0.2, 0.25) is 0 Å². The summed E-state index contributed by atoms with van der Waals surface area (Å²) in [5.74, 6) is 1.36. The van der Waals surface area contributed by atoms with Gasteiger partial charge in [0.05, 0.1) is 13.2 Å². The van der Waals surface area contributed by atoms with Crippen LogP contribution < -0.4 is 4.74 Å². The summed E-state index contributed by atoms with van der Waals surface area (Å²) in [5.41, 5.74) is 5.99. The minimum absolute atomic E-state index is 0.298. The summed E-state index contributed by atoms with van der Waals surface area (Å²) in [5, 5.41) is 0. The molecule has 2 aromatic rings. The molecule has 0 saturated carbocycles. The lowest BCUT2D eigenvalue weighted by atomic mass is 9.73. The molecule has 38 heavy (non-hydrogen) atoms. The standard InChI is InChI=1S/C35H50O3/c1-9-18-34(8,26(5)6)38-32-24-29(22-30(25-32)33-36-19-20-37-33)21-27(7)16-17-28-14-13-15-31(23-28)35(10-2,11-3)12-4/h9,13-15,22-25,27,33H,1,5,10-12,16-21H2,2-4,6-8H3. The third kappa shape index (κ3) is 7.39. The minimum atomic E-state index is -0.504. The van der Waals surface area contributed by atoms with Gasteiger partial charge in [-0.1, -0.05) is 70.7 Å². The molecule has 3 nitrogen and oxygen atoms in total. The second-order valence-corrected chi connectivity index (χ2v) is 11.5. The van der Waals surface area contributed by atoms with E-state index in [4.69, 9.17) is 14.2 Å². The fourth-order valence-corrected chi connectivity index (χ4v) is 5.72. The van der Waals surface area contributed by atoms with Crippen LogP contribution in [0.15, 0.2) is 67.3 Å². The number of rotatable bonds is 15. The lowest BCUT2D eigenvalue weighted by Crippen LogP contribution is -2.32. The van der Waals surface area contributed by atoms with E-state index < -0.39 is 5.60 Å². The first-order chi connectivity index (χ1) is 18.2. The molecule has 0 aromatic heterocycles. The van der Waals surface area contributed by atoms with Crippen molar-refractivity contribution in [3.8, 4) is 5.75 Å². The van der Waals surface area contributed by atoms with E-state index in [2.05, 4.69) is 90.2 Å². The van der Waals surface area contributed by atoms with E-state index in [0.717, 1.165) is 36.1 Å². The second kappa shape index (κ2) is 13.6. The van der Waals surface area contributed by atoms with Crippen LogP contribution in [-0.4, -0.2) is 18.8 Å². The molecule has 1 aliphatic rings. The van der Waals surface area contributed by atoms with Gasteiger partial charge in [0.1, 0.15) is 11.4 Å². The number of hydrogen-bond acceptors (Lipinski definition) is 3. The minimum Gasteiger partial charge on any atom is -0.483 e. The zero-order valence-corrected chi connectivity index (χ0v) is 24.8. The molecule has 1 fully saturated rings. The Kier molecular flexibility index (Phi) is 10.8. The molecule has 0 bridgehead atoms. The van der Waals surface area contributed by atoms with Gasteiger partial charge >= 0.3 is 0 Å². The zero-order valence-electron chi connectivity index (χ0n) is 24.8. The summed E-state index contributed by atoms with van der Waals surface area (Å²) in [6, 6.07) is 15.8. The highest BCUT2D eigenvalue weighted by Crippen LogP contribution is 2.36. The molecule has 208 valence electrons. The van der Waals surface area contributed by atoms with E-state index >= 15 is 0 Å². The Labute approximate surface area is 232 Å². The molecule has 2 unspecified atom stereocenters. The lowest BCUT2D eigenvalue weighted by Gasteiger charge is -2.31. The predicted molar refractivity (Wildman–Crippen MR) is 160 cm³/mol. The van der Waals surface area contributed by atoms with Crippen LogP contribution in [0.1, 0.15) is 102 Å². The third-order valence-electron chi connectivity index (χ3n) is 8.74. The van der Waals surface area contributed by atoms with Gasteiger partial charge in [-0.05, 0) is 98.1 Å². The Bertz CT molecular complexity index is 1050. The van der Waals surface area contributed by atoms with E-state index in [9.17, 15) is 0 Å². The molecule has 1 saturated heterocycles. The fraction of sp³-hybridized carbons (Fsp3) is 0.543. The Morgan fingerprint density at radius 2 is 1.74 bits per heavy atom. The van der Waals surface area contributed by atoms with Crippen molar-refractivity contribution in [2.24, 2.45) is 5.92 Å². The highest BCUT2D eigenvalue weighted by Gasteiger charge is 2.28. The van der Waals surface area contributed by atoms with E-state index in [1.807, 2.05) is 13.0 Å². The lowest BCUT2D eigenvalue weighted by molar-refractivity contribution is -0.0444. The highest BCUT2D eigenvalue weighted by molar-refractivity contribution is 5.37. The quantitative estimate of drug-likeness (QED) is 0.220. The molecule has 0 radical (unpaired) electrons. The van der Waals surface area contributed by atoms with Crippen molar-refractivity contribution >= 4 is 0 Å². The first kappa shape index (κ1) is 30.2. The van der Waals surface area contributed by atoms with E-state index in [0.29, 0.717) is 31.0 Å². The van der Waals surface area contributed by atoms with Gasteiger partial charge in [0, 0.05) is 12.0 Å². The predicted octanol–water partition coefficient (Wildman–Crippen LogP) is 9.30. The SMILES string of the molecule is C=CCC(C)(Oc1cc(CC(C)CCc2cccc(C(CC)(CC)CC)c2)cc(C2OCCO2)c1)C(=C)C. The first-order valence-corrected chi connectivity index (χ1v) is 14.6. The van der Waals surface area contributed by atoms with Gasteiger partial charge in [-0.15, -0.1) is 6.58 Å². The largest absolute Gasteiger partial charge is 0.483 e. The molecule has 0 aliphatic carbocycles. The summed E-state index contributed by atoms with van der Waals surface area (Å²) in [6.45, 7) is 22.8. The molecule has 1 heterocycles. The van der Waals surface area contributed by atoms with Gasteiger partial charge in [-0.3, -0.25) is 0 Å². The summed E-state index contributed by atoms with van der Waals surface area (Å²) in [7, 11) is 0. The summed E-state index contributed by atoms with van der Waals surface area (Å²) in [4.78, 5) is 0. The summed E-state index contributed by atoms with van der Waals surface area (Å²) >= 11 is 0. The number of benzene rings is 2. The van der Waals surface area contributed by atoms with Gasteiger partial charge in [0.15, 0.2) is 6.29 Å². The molecule has 0 N–H and O–H groups in total. The fourth-order valence-electron chi connectivity index (χ4n) is 5.72. The second-order valence-electron chi connectivity index (χ2n) is 11.5.